The smallest absolute Gasteiger partial charge is 0.320 e. The van der Waals surface area contributed by atoms with E-state index >= 15 is 0 Å². The van der Waals surface area contributed by atoms with Gasteiger partial charge in [0, 0.05) is 26.2 Å². The van der Waals surface area contributed by atoms with Crippen LogP contribution in [0.1, 0.15) is 30.7 Å². The number of ether oxygens (including phenoxy) is 1. The van der Waals surface area contributed by atoms with E-state index in [1.165, 1.54) is 0 Å². The van der Waals surface area contributed by atoms with Crippen molar-refractivity contribution in [2.24, 2.45) is 0 Å². The van der Waals surface area contributed by atoms with Crippen LogP contribution in [0.15, 0.2) is 29.2 Å². The van der Waals surface area contributed by atoms with E-state index in [-0.39, 0.29) is 36.6 Å². The van der Waals surface area contributed by atoms with Gasteiger partial charge in [-0.1, -0.05) is 31.6 Å². The lowest BCUT2D eigenvalue weighted by molar-refractivity contribution is -0.139. The number of amides is 3. The van der Waals surface area contributed by atoms with Gasteiger partial charge in [-0.05, 0) is 42.9 Å². The molecule has 0 radical (unpaired) electrons. The molecule has 0 aromatic heterocycles. The van der Waals surface area contributed by atoms with E-state index in [1.54, 1.807) is 9.80 Å². The Labute approximate surface area is 176 Å². The van der Waals surface area contributed by atoms with Crippen molar-refractivity contribution in [2.75, 3.05) is 32.8 Å². The summed E-state index contributed by atoms with van der Waals surface area (Å²) in [6.45, 7) is 1.75. The average Bonchev–Trinajstić information content (AvgIpc) is 2.71. The number of likely N-dealkylation sites (tertiary alicyclic amines) is 2. The Morgan fingerprint density at radius 3 is 2.19 bits per heavy atom. The number of morpholine rings is 1. The minimum absolute atomic E-state index is 0.0335. The summed E-state index contributed by atoms with van der Waals surface area (Å²) >= 11 is 0. The third-order valence-electron chi connectivity index (χ3n) is 6.16. The predicted octanol–water partition coefficient (Wildman–Crippen LogP) is 4.23. The molecule has 1 N–H and O–H groups in total. The Kier molecular flexibility index (Phi) is 4.97. The van der Waals surface area contributed by atoms with E-state index in [4.69, 9.17) is 4.74 Å². The Hall–Kier alpha value is -2.08. The number of nitrogens with zero attached hydrogens (tertiary/aromatic N) is 2. The van der Waals surface area contributed by atoms with Crippen LogP contribution in [-0.4, -0.2) is 66.7 Å². The van der Waals surface area contributed by atoms with Crippen molar-refractivity contribution in [3.8, 4) is 0 Å². The van der Waals surface area contributed by atoms with Crippen LogP contribution < -0.4 is 5.32 Å². The van der Waals surface area contributed by atoms with Gasteiger partial charge in [-0.3, -0.25) is 4.79 Å². The molecule has 174 valence electrons. The van der Waals surface area contributed by atoms with E-state index in [2.05, 4.69) is 5.32 Å². The van der Waals surface area contributed by atoms with Gasteiger partial charge in [0.25, 0.3) is 0 Å². The summed E-state index contributed by atoms with van der Waals surface area (Å²) in [7, 11) is -9.67. The van der Waals surface area contributed by atoms with Gasteiger partial charge in [0.2, 0.25) is 5.91 Å². The molecule has 3 aliphatic heterocycles. The minimum Gasteiger partial charge on any atom is -0.366 e. The second kappa shape index (κ2) is 6.96. The molecule has 2 atom stereocenters. The third kappa shape index (κ3) is 4.89. The van der Waals surface area contributed by atoms with Gasteiger partial charge in [0.15, 0.2) is 0 Å². The molecule has 1 unspecified atom stereocenters. The first-order chi connectivity index (χ1) is 14.3. The van der Waals surface area contributed by atoms with E-state index in [9.17, 15) is 29.0 Å². The predicted molar refractivity (Wildman–Crippen MR) is 105 cm³/mol. The van der Waals surface area contributed by atoms with Crippen molar-refractivity contribution in [3.05, 3.63) is 29.8 Å². The number of carbonyl (C=O) groups is 2. The number of urea groups is 1. The Bertz CT molecular complexity index is 873. The highest BCUT2D eigenvalue weighted by Gasteiger charge is 2.65. The maximum absolute atomic E-state index is 12.9. The maximum Gasteiger partial charge on any atom is 0.320 e. The van der Waals surface area contributed by atoms with Crippen molar-refractivity contribution in [2.45, 2.75) is 42.2 Å². The summed E-state index contributed by atoms with van der Waals surface area (Å²) in [5.74, 6) is -0.305. The highest BCUT2D eigenvalue weighted by molar-refractivity contribution is 8.45. The van der Waals surface area contributed by atoms with Crippen LogP contribution in [0.3, 0.4) is 0 Å². The molecule has 3 saturated heterocycles. The van der Waals surface area contributed by atoms with E-state index in [1.807, 2.05) is 0 Å². The van der Waals surface area contributed by atoms with Crippen LogP contribution in [0.4, 0.5) is 24.2 Å². The standard InChI is InChI=1S/C19H24F5N3O3S/c20-31(21,22,23,24)15-3-1-13(2-4-15)14-5-8-26(9-6-14)19(29)27-10-7-17-16(11-27)25-18(28)12-30-17/h1-4,14,16-17H,5-12H2,(H,25,28)/t16-,17?/m1/s1. The van der Waals surface area contributed by atoms with Crippen LogP contribution in [0.5, 0.6) is 0 Å². The molecule has 3 fully saturated rings. The Morgan fingerprint density at radius 2 is 1.58 bits per heavy atom. The largest absolute Gasteiger partial charge is 0.366 e. The number of hydrogen-bond donors (Lipinski definition) is 1. The fourth-order valence-electron chi connectivity index (χ4n) is 4.47. The van der Waals surface area contributed by atoms with Gasteiger partial charge < -0.3 is 19.9 Å². The van der Waals surface area contributed by atoms with Gasteiger partial charge in [0.05, 0.1) is 12.1 Å². The molecular formula is C19H24F5N3O3S. The number of hydrogen-bond acceptors (Lipinski definition) is 3. The first-order valence-corrected chi connectivity index (χ1v) is 12.0. The topological polar surface area (TPSA) is 61.9 Å². The molecule has 3 aliphatic rings. The van der Waals surface area contributed by atoms with Gasteiger partial charge in [0.1, 0.15) is 11.5 Å². The SMILES string of the molecule is O=C1COC2CCN(C(=O)N3CCC(c4ccc(S(F)(F)(F)(F)F)cc4)CC3)C[C@H]2N1. The summed E-state index contributed by atoms with van der Waals surface area (Å²) in [4.78, 5) is 25.9. The number of benzene rings is 1. The van der Waals surface area contributed by atoms with Crippen molar-refractivity contribution in [1.29, 1.82) is 0 Å². The first-order valence-electron chi connectivity index (χ1n) is 10.1. The van der Waals surface area contributed by atoms with Gasteiger partial charge >= 0.3 is 16.3 Å². The van der Waals surface area contributed by atoms with E-state index < -0.39 is 15.1 Å². The minimum atomic E-state index is -9.67. The zero-order chi connectivity index (χ0) is 22.5. The highest BCUT2D eigenvalue weighted by Crippen LogP contribution is 3.02. The molecule has 1 aromatic carbocycles. The summed E-state index contributed by atoms with van der Waals surface area (Å²) < 4.78 is 69.9. The molecular weight excluding hydrogens is 445 g/mol. The van der Waals surface area contributed by atoms with Crippen molar-refractivity contribution in [1.82, 2.24) is 15.1 Å². The van der Waals surface area contributed by atoms with Crippen LogP contribution >= 0.6 is 10.2 Å². The number of halogens is 5. The Balaban J connectivity index is 1.33. The second-order valence-corrected chi connectivity index (χ2v) is 10.7. The second-order valence-electron chi connectivity index (χ2n) is 8.34. The third-order valence-corrected chi connectivity index (χ3v) is 7.32. The van der Waals surface area contributed by atoms with Crippen molar-refractivity contribution in [3.63, 3.8) is 0 Å². The van der Waals surface area contributed by atoms with Gasteiger partial charge in [-0.15, -0.1) is 0 Å². The molecule has 3 amide bonds. The number of carbonyl (C=O) groups excluding carboxylic acids is 2. The molecule has 4 rings (SSSR count). The molecule has 0 saturated carbocycles. The lowest BCUT2D eigenvalue weighted by atomic mass is 9.89. The summed E-state index contributed by atoms with van der Waals surface area (Å²) in [5, 5.41) is 2.85. The highest BCUT2D eigenvalue weighted by atomic mass is 32.5. The number of rotatable bonds is 2. The zero-order valence-corrected chi connectivity index (χ0v) is 17.4. The Morgan fingerprint density at radius 1 is 0.968 bits per heavy atom. The quantitative estimate of drug-likeness (QED) is 0.660. The van der Waals surface area contributed by atoms with Crippen molar-refractivity contribution >= 4 is 22.2 Å². The number of fused-ring (bicyclic) bond motifs is 1. The molecule has 6 nitrogen and oxygen atoms in total. The van der Waals surface area contributed by atoms with Crippen LogP contribution in [-0.2, 0) is 9.53 Å². The molecule has 0 aliphatic carbocycles. The average molecular weight is 469 g/mol. The molecule has 1 aromatic rings. The molecule has 0 bridgehead atoms. The number of nitrogens with one attached hydrogen (secondary N) is 1. The van der Waals surface area contributed by atoms with Crippen molar-refractivity contribution < 1.29 is 33.8 Å². The molecule has 12 heteroatoms. The first kappa shape index (κ1) is 22.1. The number of piperidine rings is 2. The van der Waals surface area contributed by atoms with Gasteiger partial charge in [-0.25, -0.2) is 4.79 Å². The lowest BCUT2D eigenvalue weighted by Gasteiger charge is -2.43. The molecule has 31 heavy (non-hydrogen) atoms. The summed E-state index contributed by atoms with van der Waals surface area (Å²) in [6.07, 6.45) is 1.59. The summed E-state index contributed by atoms with van der Waals surface area (Å²) in [6, 6.07) is 2.72. The van der Waals surface area contributed by atoms with Crippen LogP contribution in [0.2, 0.25) is 0 Å². The van der Waals surface area contributed by atoms with E-state index in [0.717, 1.165) is 12.1 Å². The maximum atomic E-state index is 12.9. The zero-order valence-electron chi connectivity index (χ0n) is 16.6. The molecule has 0 spiro atoms. The normalized spacial score (nSPS) is 27.7. The molecule has 3 heterocycles. The lowest BCUT2D eigenvalue weighted by Crippen LogP contribution is -2.62. The van der Waals surface area contributed by atoms with Gasteiger partial charge in [-0.2, -0.15) is 0 Å². The fourth-order valence-corrected chi connectivity index (χ4v) is 5.13. The van der Waals surface area contributed by atoms with E-state index in [0.29, 0.717) is 63.1 Å². The summed E-state index contributed by atoms with van der Waals surface area (Å²) in [5.41, 5.74) is 0.556. The monoisotopic (exact) mass is 469 g/mol. The van der Waals surface area contributed by atoms with Crippen LogP contribution in [0, 0.1) is 0 Å². The fraction of sp³-hybridized carbons (Fsp3) is 0.579. The van der Waals surface area contributed by atoms with Crippen LogP contribution in [0.25, 0.3) is 0 Å².